The third-order valence-electron chi connectivity index (χ3n) is 5.40. The second-order valence-electron chi connectivity index (χ2n) is 7.63. The second-order valence-corrected chi connectivity index (χ2v) is 9.89. The number of aryl methyl sites for hydroxylation is 2. The summed E-state index contributed by atoms with van der Waals surface area (Å²) in [6.07, 6.45) is 1.79. The summed E-state index contributed by atoms with van der Waals surface area (Å²) in [5, 5.41) is 0. The Morgan fingerprint density at radius 3 is 2.38 bits per heavy atom. The lowest BCUT2D eigenvalue weighted by Crippen LogP contribution is -2.48. The Morgan fingerprint density at radius 1 is 1.03 bits per heavy atom. The number of fused-ring (bicyclic) bond motifs is 1. The van der Waals surface area contributed by atoms with E-state index in [1.165, 1.54) is 11.1 Å². The molecule has 0 spiro atoms. The molecular weight excluding hydrogens is 386 g/mol. The number of piperazine rings is 1. The summed E-state index contributed by atoms with van der Waals surface area (Å²) in [7, 11) is -3.12. The third-order valence-corrected chi connectivity index (χ3v) is 7.29. The molecule has 29 heavy (non-hydrogen) atoms. The van der Waals surface area contributed by atoms with Crippen molar-refractivity contribution in [1.82, 2.24) is 23.7 Å². The van der Waals surface area contributed by atoms with Crippen molar-refractivity contribution in [3.05, 3.63) is 53.5 Å². The van der Waals surface area contributed by atoms with E-state index < -0.39 is 10.0 Å². The van der Waals surface area contributed by atoms with Crippen LogP contribution in [0, 0.1) is 13.8 Å². The molecule has 2 aromatic heterocycles. The number of nitrogens with zero attached hydrogens (tertiary/aromatic N) is 5. The van der Waals surface area contributed by atoms with Crippen LogP contribution in [-0.2, 0) is 16.6 Å². The average Bonchev–Trinajstić information content (AvgIpc) is 3.05. The largest absolute Gasteiger partial charge is 0.293 e. The number of hydrogen-bond acceptors (Lipinski definition) is 5. The fourth-order valence-corrected chi connectivity index (χ4v) is 5.05. The van der Waals surface area contributed by atoms with E-state index in [0.717, 1.165) is 22.7 Å². The van der Waals surface area contributed by atoms with Crippen LogP contribution in [-0.4, -0.2) is 64.1 Å². The van der Waals surface area contributed by atoms with E-state index in [1.807, 2.05) is 12.1 Å². The van der Waals surface area contributed by atoms with Gasteiger partial charge in [-0.25, -0.2) is 18.4 Å². The molecule has 1 aromatic carbocycles. The highest BCUT2D eigenvalue weighted by Gasteiger charge is 2.26. The number of sulfonamides is 1. The van der Waals surface area contributed by atoms with Crippen LogP contribution < -0.4 is 0 Å². The van der Waals surface area contributed by atoms with Gasteiger partial charge in [-0.3, -0.25) is 9.47 Å². The molecule has 1 aliphatic heterocycles. The van der Waals surface area contributed by atoms with E-state index >= 15 is 0 Å². The number of rotatable bonds is 5. The first-order valence-corrected chi connectivity index (χ1v) is 11.6. The van der Waals surface area contributed by atoms with Gasteiger partial charge in [0.25, 0.3) is 0 Å². The summed E-state index contributed by atoms with van der Waals surface area (Å²) in [5.74, 6) is 1.08. The van der Waals surface area contributed by atoms with E-state index in [1.54, 1.807) is 17.4 Å². The quantitative estimate of drug-likeness (QED) is 0.643. The predicted octanol–water partition coefficient (Wildman–Crippen LogP) is 2.50. The van der Waals surface area contributed by atoms with Gasteiger partial charge in [0.1, 0.15) is 11.3 Å². The third kappa shape index (κ3) is 4.05. The Morgan fingerprint density at radius 2 is 1.72 bits per heavy atom. The van der Waals surface area contributed by atoms with Crippen molar-refractivity contribution in [2.75, 3.05) is 31.9 Å². The number of aromatic nitrogens is 3. The van der Waals surface area contributed by atoms with Gasteiger partial charge in [-0.1, -0.05) is 6.07 Å². The number of imidazole rings is 1. The van der Waals surface area contributed by atoms with Gasteiger partial charge in [0.2, 0.25) is 10.0 Å². The van der Waals surface area contributed by atoms with Crippen LogP contribution in [0.4, 0.5) is 0 Å². The topological polar surface area (TPSA) is 71.3 Å². The first-order valence-electron chi connectivity index (χ1n) is 9.98. The Labute approximate surface area is 172 Å². The van der Waals surface area contributed by atoms with Gasteiger partial charge in [-0.15, -0.1) is 0 Å². The summed E-state index contributed by atoms with van der Waals surface area (Å²) in [5.41, 5.74) is 5.17. The van der Waals surface area contributed by atoms with Crippen LogP contribution in [0.1, 0.15) is 23.9 Å². The lowest BCUT2D eigenvalue weighted by molar-refractivity contribution is 0.178. The molecule has 0 unspecified atom stereocenters. The summed E-state index contributed by atoms with van der Waals surface area (Å²) in [4.78, 5) is 11.7. The lowest BCUT2D eigenvalue weighted by Gasteiger charge is -2.33. The van der Waals surface area contributed by atoms with Gasteiger partial charge in [-0.05, 0) is 56.2 Å². The highest BCUT2D eigenvalue weighted by Crippen LogP contribution is 2.23. The molecule has 3 heterocycles. The van der Waals surface area contributed by atoms with Gasteiger partial charge in [-0.2, -0.15) is 4.31 Å². The van der Waals surface area contributed by atoms with E-state index in [4.69, 9.17) is 4.98 Å². The zero-order chi connectivity index (χ0) is 20.6. The molecule has 0 aliphatic carbocycles. The molecule has 0 radical (unpaired) electrons. The van der Waals surface area contributed by atoms with Crippen LogP contribution in [0.25, 0.3) is 16.9 Å². The first-order chi connectivity index (χ1) is 13.9. The van der Waals surface area contributed by atoms with Crippen LogP contribution in [0.3, 0.4) is 0 Å². The molecule has 7 nitrogen and oxygen atoms in total. The summed E-state index contributed by atoms with van der Waals surface area (Å²) >= 11 is 0. The molecule has 0 N–H and O–H groups in total. The standard InChI is InChI=1S/C21H27N5O2S/c1-4-29(27,28)25-10-8-24(9-11-25)15-20-23-19-6-5-7-22-21(19)26(20)18-13-16(2)12-17(3)14-18/h5-7,12-14H,4,8-11,15H2,1-3H3. The van der Waals surface area contributed by atoms with Crippen molar-refractivity contribution in [3.63, 3.8) is 0 Å². The molecule has 1 saturated heterocycles. The minimum Gasteiger partial charge on any atom is -0.293 e. The van der Waals surface area contributed by atoms with Crippen molar-refractivity contribution in [1.29, 1.82) is 0 Å². The van der Waals surface area contributed by atoms with Gasteiger partial charge in [0.15, 0.2) is 5.65 Å². The number of benzene rings is 1. The van der Waals surface area contributed by atoms with Crippen LogP contribution in [0.2, 0.25) is 0 Å². The van der Waals surface area contributed by atoms with Crippen LogP contribution >= 0.6 is 0 Å². The summed E-state index contributed by atoms with van der Waals surface area (Å²) < 4.78 is 28.0. The monoisotopic (exact) mass is 413 g/mol. The molecule has 0 amide bonds. The Balaban J connectivity index is 1.65. The van der Waals surface area contributed by atoms with Crippen LogP contribution in [0.5, 0.6) is 0 Å². The van der Waals surface area contributed by atoms with E-state index in [2.05, 4.69) is 46.5 Å². The number of pyridine rings is 1. The lowest BCUT2D eigenvalue weighted by atomic mass is 10.1. The molecule has 0 atom stereocenters. The Kier molecular flexibility index (Phi) is 5.42. The van der Waals surface area contributed by atoms with E-state index in [-0.39, 0.29) is 5.75 Å². The minimum atomic E-state index is -3.12. The van der Waals surface area contributed by atoms with Gasteiger partial charge < -0.3 is 0 Å². The highest BCUT2D eigenvalue weighted by molar-refractivity contribution is 7.89. The maximum absolute atomic E-state index is 12.1. The molecule has 1 aliphatic rings. The summed E-state index contributed by atoms with van der Waals surface area (Å²) in [6, 6.07) is 10.3. The zero-order valence-corrected chi connectivity index (χ0v) is 18.0. The van der Waals surface area contributed by atoms with Crippen molar-refractivity contribution in [2.45, 2.75) is 27.3 Å². The maximum Gasteiger partial charge on any atom is 0.213 e. The molecule has 154 valence electrons. The van der Waals surface area contributed by atoms with Crippen molar-refractivity contribution >= 4 is 21.2 Å². The smallest absolute Gasteiger partial charge is 0.213 e. The predicted molar refractivity (Wildman–Crippen MR) is 115 cm³/mol. The molecule has 1 fully saturated rings. The summed E-state index contributed by atoms with van der Waals surface area (Å²) in [6.45, 7) is 8.98. The fourth-order valence-electron chi connectivity index (χ4n) is 3.96. The molecule has 8 heteroatoms. The van der Waals surface area contributed by atoms with E-state index in [0.29, 0.717) is 32.7 Å². The normalized spacial score (nSPS) is 16.5. The highest BCUT2D eigenvalue weighted by atomic mass is 32.2. The molecule has 0 saturated carbocycles. The Hall–Kier alpha value is -2.29. The second kappa shape index (κ2) is 7.85. The van der Waals surface area contributed by atoms with Gasteiger partial charge in [0, 0.05) is 38.1 Å². The Bertz CT molecular complexity index is 1110. The molecule has 0 bridgehead atoms. The minimum absolute atomic E-state index is 0.154. The van der Waals surface area contributed by atoms with E-state index in [9.17, 15) is 8.42 Å². The molecular formula is C21H27N5O2S. The first kappa shape index (κ1) is 20.0. The average molecular weight is 414 g/mol. The van der Waals surface area contributed by atoms with Crippen molar-refractivity contribution in [2.24, 2.45) is 0 Å². The molecule has 3 aromatic rings. The number of hydrogen-bond donors (Lipinski definition) is 0. The SMILES string of the molecule is CCS(=O)(=O)N1CCN(Cc2nc3cccnc3n2-c2cc(C)cc(C)c2)CC1. The zero-order valence-electron chi connectivity index (χ0n) is 17.2. The van der Waals surface area contributed by atoms with Gasteiger partial charge in [0.05, 0.1) is 12.3 Å². The van der Waals surface area contributed by atoms with Crippen molar-refractivity contribution in [3.8, 4) is 5.69 Å². The fraction of sp³-hybridized carbons (Fsp3) is 0.429. The van der Waals surface area contributed by atoms with Crippen LogP contribution in [0.15, 0.2) is 36.5 Å². The van der Waals surface area contributed by atoms with Gasteiger partial charge >= 0.3 is 0 Å². The maximum atomic E-state index is 12.1. The molecule has 4 rings (SSSR count). The van der Waals surface area contributed by atoms with Crippen molar-refractivity contribution < 1.29 is 8.42 Å².